The number of nitrogens with zero attached hydrogens (tertiary/aromatic N) is 4. The molecule has 1 aliphatic heterocycles. The quantitative estimate of drug-likeness (QED) is 0.365. The van der Waals surface area contributed by atoms with Gasteiger partial charge < -0.3 is 15.4 Å². The summed E-state index contributed by atoms with van der Waals surface area (Å²) in [7, 11) is 0. The van der Waals surface area contributed by atoms with E-state index in [1.807, 2.05) is 87.5 Å². The molecule has 0 saturated carbocycles. The number of ether oxygens (including phenoxy) is 1. The van der Waals surface area contributed by atoms with Crippen LogP contribution in [0.5, 0.6) is 5.75 Å². The van der Waals surface area contributed by atoms with Gasteiger partial charge in [-0.1, -0.05) is 58.7 Å². The Morgan fingerprint density at radius 1 is 1.08 bits per heavy atom. The number of carbonyl (C=O) groups is 1. The Bertz CT molecular complexity index is 1460. The van der Waals surface area contributed by atoms with Gasteiger partial charge in [0.2, 0.25) is 5.95 Å². The summed E-state index contributed by atoms with van der Waals surface area (Å²) in [6, 6.07) is 20.5. The summed E-state index contributed by atoms with van der Waals surface area (Å²) in [6.07, 6.45) is 0. The van der Waals surface area contributed by atoms with Crippen molar-refractivity contribution in [2.75, 3.05) is 10.6 Å². The van der Waals surface area contributed by atoms with Gasteiger partial charge in [-0.2, -0.15) is 4.68 Å². The molecule has 36 heavy (non-hydrogen) atoms. The van der Waals surface area contributed by atoms with Crippen LogP contribution in [0.2, 0.25) is 5.02 Å². The number of allylic oxidation sites excluding steroid dienone is 1. The molecule has 4 aromatic rings. The first kappa shape index (κ1) is 23.6. The van der Waals surface area contributed by atoms with Crippen molar-refractivity contribution in [3.05, 3.63) is 105 Å². The topological polar surface area (TPSA) is 94.0 Å². The molecule has 2 N–H and O–H groups in total. The van der Waals surface area contributed by atoms with Crippen molar-refractivity contribution < 1.29 is 9.53 Å². The Hall–Kier alpha value is -4.17. The van der Waals surface area contributed by atoms with Crippen molar-refractivity contribution in [3.8, 4) is 5.75 Å². The summed E-state index contributed by atoms with van der Waals surface area (Å²) < 4.78 is 7.66. The van der Waals surface area contributed by atoms with E-state index in [1.54, 1.807) is 4.68 Å². The predicted molar refractivity (Wildman–Crippen MR) is 139 cm³/mol. The number of anilines is 2. The normalized spacial score (nSPS) is 14.7. The lowest BCUT2D eigenvalue weighted by atomic mass is 9.94. The fourth-order valence-corrected chi connectivity index (χ4v) is 4.41. The monoisotopic (exact) mass is 500 g/mol. The second-order valence-corrected chi connectivity index (χ2v) is 9.21. The molecule has 1 atom stereocenters. The van der Waals surface area contributed by atoms with Gasteiger partial charge in [0, 0.05) is 16.4 Å². The van der Waals surface area contributed by atoms with Crippen LogP contribution in [-0.4, -0.2) is 26.1 Å². The second-order valence-electron chi connectivity index (χ2n) is 8.77. The van der Waals surface area contributed by atoms with E-state index in [0.717, 1.165) is 27.9 Å². The van der Waals surface area contributed by atoms with Gasteiger partial charge in [-0.15, -0.1) is 0 Å². The highest BCUT2D eigenvalue weighted by Crippen LogP contribution is 2.36. The SMILES string of the molecule is CC1=C(C(=O)Nc2ccc(C)cc2C)C(c2cccc(OCc3ccc(Cl)cc3)c2)n2nnnc2N1. The molecule has 1 aliphatic rings. The molecule has 0 spiro atoms. The molecule has 0 radical (unpaired) electrons. The molecule has 0 saturated heterocycles. The van der Waals surface area contributed by atoms with Gasteiger partial charge in [0.15, 0.2) is 0 Å². The third kappa shape index (κ3) is 4.81. The number of halogens is 1. The van der Waals surface area contributed by atoms with Gasteiger partial charge >= 0.3 is 0 Å². The fourth-order valence-electron chi connectivity index (χ4n) is 4.28. The first-order valence-corrected chi connectivity index (χ1v) is 11.9. The van der Waals surface area contributed by atoms with E-state index in [0.29, 0.717) is 34.6 Å². The average molecular weight is 501 g/mol. The van der Waals surface area contributed by atoms with Gasteiger partial charge in [-0.25, -0.2) is 0 Å². The molecule has 2 heterocycles. The van der Waals surface area contributed by atoms with Gasteiger partial charge in [-0.05, 0) is 78.2 Å². The van der Waals surface area contributed by atoms with Crippen molar-refractivity contribution in [3.63, 3.8) is 0 Å². The van der Waals surface area contributed by atoms with Gasteiger partial charge in [-0.3, -0.25) is 4.79 Å². The fraction of sp³-hybridized carbons (Fsp3) is 0.185. The van der Waals surface area contributed by atoms with E-state index >= 15 is 0 Å². The van der Waals surface area contributed by atoms with Crippen LogP contribution in [-0.2, 0) is 11.4 Å². The van der Waals surface area contributed by atoms with E-state index in [-0.39, 0.29) is 5.91 Å². The minimum Gasteiger partial charge on any atom is -0.489 e. The van der Waals surface area contributed by atoms with Gasteiger partial charge in [0.05, 0.1) is 5.57 Å². The molecule has 0 aliphatic carbocycles. The minimum absolute atomic E-state index is 0.231. The Balaban J connectivity index is 1.46. The number of rotatable bonds is 6. The predicted octanol–water partition coefficient (Wildman–Crippen LogP) is 5.45. The smallest absolute Gasteiger partial charge is 0.255 e. The van der Waals surface area contributed by atoms with E-state index in [1.165, 1.54) is 0 Å². The summed E-state index contributed by atoms with van der Waals surface area (Å²) in [5.74, 6) is 0.904. The molecule has 5 rings (SSSR count). The van der Waals surface area contributed by atoms with Crippen molar-refractivity contribution in [1.82, 2.24) is 20.2 Å². The standard InChI is InChI=1S/C27H25ClN6O2/c1-16-7-12-23(17(2)13-16)30-26(35)24-18(3)29-27-31-32-33-34(27)25(24)20-5-4-6-22(14-20)36-15-19-8-10-21(28)11-9-19/h4-14,25H,15H2,1-3H3,(H,30,35)(H,29,31,33). The first-order chi connectivity index (χ1) is 17.4. The molecule has 0 fully saturated rings. The number of aryl methyl sites for hydroxylation is 2. The Labute approximate surface area is 213 Å². The van der Waals surface area contributed by atoms with Crippen molar-refractivity contribution in [1.29, 1.82) is 0 Å². The number of hydrogen-bond acceptors (Lipinski definition) is 6. The maximum Gasteiger partial charge on any atom is 0.255 e. The van der Waals surface area contributed by atoms with Crippen molar-refractivity contribution in [2.24, 2.45) is 0 Å². The van der Waals surface area contributed by atoms with Crippen LogP contribution in [0.4, 0.5) is 11.6 Å². The maximum atomic E-state index is 13.6. The molecule has 8 nitrogen and oxygen atoms in total. The van der Waals surface area contributed by atoms with Crippen LogP contribution in [0.1, 0.15) is 35.2 Å². The Morgan fingerprint density at radius 2 is 1.89 bits per heavy atom. The molecule has 1 unspecified atom stereocenters. The lowest BCUT2D eigenvalue weighted by Crippen LogP contribution is -2.31. The highest BCUT2D eigenvalue weighted by molar-refractivity contribution is 6.30. The molecule has 182 valence electrons. The van der Waals surface area contributed by atoms with E-state index < -0.39 is 6.04 Å². The minimum atomic E-state index is -0.541. The van der Waals surface area contributed by atoms with Crippen LogP contribution in [0.25, 0.3) is 0 Å². The highest BCUT2D eigenvalue weighted by atomic mass is 35.5. The molecule has 1 amide bonds. The third-order valence-electron chi connectivity index (χ3n) is 6.08. The number of aromatic nitrogens is 4. The third-order valence-corrected chi connectivity index (χ3v) is 6.33. The zero-order valence-corrected chi connectivity index (χ0v) is 20.9. The van der Waals surface area contributed by atoms with Gasteiger partial charge in [0.1, 0.15) is 18.4 Å². The average Bonchev–Trinajstić information content (AvgIpc) is 3.32. The van der Waals surface area contributed by atoms with E-state index in [9.17, 15) is 4.79 Å². The Morgan fingerprint density at radius 3 is 2.67 bits per heavy atom. The summed E-state index contributed by atoms with van der Waals surface area (Å²) in [6.45, 7) is 6.23. The van der Waals surface area contributed by atoms with E-state index in [2.05, 4.69) is 26.2 Å². The largest absolute Gasteiger partial charge is 0.489 e. The number of amides is 1. The molecule has 9 heteroatoms. The first-order valence-electron chi connectivity index (χ1n) is 11.5. The van der Waals surface area contributed by atoms with Crippen LogP contribution in [0, 0.1) is 13.8 Å². The molecule has 0 bridgehead atoms. The number of hydrogen-bond donors (Lipinski definition) is 2. The molecular formula is C27H25ClN6O2. The Kier molecular flexibility index (Phi) is 6.43. The zero-order chi connectivity index (χ0) is 25.2. The number of carbonyl (C=O) groups excluding carboxylic acids is 1. The summed E-state index contributed by atoms with van der Waals surface area (Å²) in [5.41, 5.74) is 5.89. The van der Waals surface area contributed by atoms with E-state index in [4.69, 9.17) is 16.3 Å². The lowest BCUT2D eigenvalue weighted by molar-refractivity contribution is -0.113. The lowest BCUT2D eigenvalue weighted by Gasteiger charge is -2.28. The van der Waals surface area contributed by atoms with Gasteiger partial charge in [0.25, 0.3) is 5.91 Å². The van der Waals surface area contributed by atoms with Crippen LogP contribution in [0.3, 0.4) is 0 Å². The second kappa shape index (κ2) is 9.83. The maximum absolute atomic E-state index is 13.6. The molecule has 3 aromatic carbocycles. The number of nitrogens with one attached hydrogen (secondary N) is 2. The number of tetrazole rings is 1. The van der Waals surface area contributed by atoms with Crippen LogP contribution < -0.4 is 15.4 Å². The summed E-state index contributed by atoms with van der Waals surface area (Å²) in [5, 5.41) is 19.0. The summed E-state index contributed by atoms with van der Waals surface area (Å²) in [4.78, 5) is 13.6. The van der Waals surface area contributed by atoms with Crippen molar-refractivity contribution in [2.45, 2.75) is 33.4 Å². The van der Waals surface area contributed by atoms with Crippen LogP contribution in [0.15, 0.2) is 78.0 Å². The van der Waals surface area contributed by atoms with Crippen LogP contribution >= 0.6 is 11.6 Å². The highest BCUT2D eigenvalue weighted by Gasteiger charge is 2.34. The molecular weight excluding hydrogens is 476 g/mol. The molecule has 1 aromatic heterocycles. The van der Waals surface area contributed by atoms with Crippen molar-refractivity contribution >= 4 is 29.1 Å². The number of fused-ring (bicyclic) bond motifs is 1. The number of benzene rings is 3. The summed E-state index contributed by atoms with van der Waals surface area (Å²) >= 11 is 5.98. The zero-order valence-electron chi connectivity index (χ0n) is 20.1.